The first kappa shape index (κ1) is 67.3. The normalized spacial score (nSPS) is 14.0. The topological polar surface area (TPSA) is 110 Å². The molecular formula is C63H119NO5. The van der Waals surface area contributed by atoms with E-state index in [2.05, 4.69) is 67.8 Å². The number of nitrogens with one attached hydrogen (secondary N) is 1. The standard InChI is InChI=1S/C63H119NO5/c1-3-5-7-9-11-13-15-17-19-21-23-25-27-28-29-30-31-32-33-34-35-37-38-40-42-44-46-48-50-52-54-56-60(66)62(68)59(58-65)64-63(69)61(67)57-55-53-51-49-47-45-43-41-39-36-26-24-22-20-18-16-14-12-10-8-6-4-2/h24,26,39-42,48,50,59-62,65-68H,3-23,25,27-38,43-47,49,51-58H2,1-2H3,(H,64,69)/b26-24-,41-39-,42-40+,50-48+. The highest BCUT2D eigenvalue weighted by Gasteiger charge is 2.28. The number of allylic oxidation sites excluding steroid dienone is 8. The summed E-state index contributed by atoms with van der Waals surface area (Å²) >= 11 is 0. The van der Waals surface area contributed by atoms with Crippen LogP contribution in [0.1, 0.15) is 316 Å². The second kappa shape index (κ2) is 57.2. The highest BCUT2D eigenvalue weighted by atomic mass is 16.3. The molecule has 4 atom stereocenters. The van der Waals surface area contributed by atoms with Gasteiger partial charge in [-0.3, -0.25) is 4.79 Å². The smallest absolute Gasteiger partial charge is 0.249 e. The molecule has 0 aromatic rings. The zero-order valence-corrected chi connectivity index (χ0v) is 46.1. The van der Waals surface area contributed by atoms with Gasteiger partial charge in [-0.25, -0.2) is 0 Å². The van der Waals surface area contributed by atoms with E-state index in [0.717, 1.165) is 57.8 Å². The third kappa shape index (κ3) is 51.0. The zero-order valence-electron chi connectivity index (χ0n) is 46.1. The maximum Gasteiger partial charge on any atom is 0.249 e. The maximum absolute atomic E-state index is 12.6. The molecule has 6 nitrogen and oxygen atoms in total. The lowest BCUT2D eigenvalue weighted by atomic mass is 10.00. The van der Waals surface area contributed by atoms with E-state index in [1.54, 1.807) is 0 Å². The summed E-state index contributed by atoms with van der Waals surface area (Å²) in [6.07, 6.45) is 73.4. The van der Waals surface area contributed by atoms with E-state index in [0.29, 0.717) is 19.3 Å². The first-order valence-corrected chi connectivity index (χ1v) is 30.5. The van der Waals surface area contributed by atoms with Gasteiger partial charge in [-0.1, -0.05) is 281 Å². The Labute approximate surface area is 429 Å². The van der Waals surface area contributed by atoms with Crippen LogP contribution < -0.4 is 5.32 Å². The Balaban J connectivity index is 3.67. The Hall–Kier alpha value is -1.73. The van der Waals surface area contributed by atoms with Crippen LogP contribution in [0.2, 0.25) is 0 Å². The van der Waals surface area contributed by atoms with Gasteiger partial charge in [0.25, 0.3) is 0 Å². The van der Waals surface area contributed by atoms with E-state index in [1.165, 1.54) is 225 Å². The van der Waals surface area contributed by atoms with E-state index in [4.69, 9.17) is 0 Å². The number of carbonyl (C=O) groups excluding carboxylic acids is 1. The molecule has 406 valence electrons. The number of rotatable bonds is 56. The molecule has 0 spiro atoms. The number of amides is 1. The average molecular weight is 971 g/mol. The van der Waals surface area contributed by atoms with Gasteiger partial charge in [-0.2, -0.15) is 0 Å². The Kier molecular flexibility index (Phi) is 55.7. The number of aliphatic hydroxyl groups excluding tert-OH is 4. The zero-order chi connectivity index (χ0) is 50.2. The maximum atomic E-state index is 12.6. The molecule has 0 aliphatic carbocycles. The van der Waals surface area contributed by atoms with Crippen molar-refractivity contribution in [2.45, 2.75) is 340 Å². The molecular weight excluding hydrogens is 851 g/mol. The van der Waals surface area contributed by atoms with Crippen molar-refractivity contribution in [2.75, 3.05) is 6.61 Å². The van der Waals surface area contributed by atoms with Crippen LogP contribution >= 0.6 is 0 Å². The Morgan fingerprint density at radius 2 is 0.652 bits per heavy atom. The van der Waals surface area contributed by atoms with Gasteiger partial charge in [0.1, 0.15) is 12.2 Å². The van der Waals surface area contributed by atoms with Crippen molar-refractivity contribution in [1.82, 2.24) is 5.32 Å². The molecule has 0 rings (SSSR count). The monoisotopic (exact) mass is 970 g/mol. The molecule has 69 heavy (non-hydrogen) atoms. The molecule has 0 saturated heterocycles. The van der Waals surface area contributed by atoms with Crippen LogP contribution in [0.25, 0.3) is 0 Å². The summed E-state index contributed by atoms with van der Waals surface area (Å²) in [5.41, 5.74) is 0. The van der Waals surface area contributed by atoms with Gasteiger partial charge < -0.3 is 25.7 Å². The van der Waals surface area contributed by atoms with Crippen LogP contribution in [0.5, 0.6) is 0 Å². The Morgan fingerprint density at radius 3 is 1.00 bits per heavy atom. The number of carbonyl (C=O) groups is 1. The fourth-order valence-electron chi connectivity index (χ4n) is 9.45. The van der Waals surface area contributed by atoms with Gasteiger partial charge in [-0.15, -0.1) is 0 Å². The molecule has 0 fully saturated rings. The minimum absolute atomic E-state index is 0.347. The highest BCUT2D eigenvalue weighted by Crippen LogP contribution is 2.17. The Bertz CT molecular complexity index is 1130. The summed E-state index contributed by atoms with van der Waals surface area (Å²) in [6.45, 7) is 4.07. The fourth-order valence-corrected chi connectivity index (χ4v) is 9.45. The number of hydrogen-bond acceptors (Lipinski definition) is 5. The number of hydrogen-bond donors (Lipinski definition) is 5. The van der Waals surface area contributed by atoms with Crippen LogP contribution in [0.15, 0.2) is 48.6 Å². The van der Waals surface area contributed by atoms with Crippen molar-refractivity contribution in [1.29, 1.82) is 0 Å². The van der Waals surface area contributed by atoms with E-state index < -0.39 is 36.9 Å². The second-order valence-electron chi connectivity index (χ2n) is 21.0. The highest BCUT2D eigenvalue weighted by molar-refractivity contribution is 5.80. The SMILES string of the molecule is CCCCCCCCCCC/C=C\C/C=C\CCCCCCCCC(O)C(=O)NC(CO)C(O)C(O)CCC/C=C/CC/C=C/CCCCCCCCCCCCCCCCCCCCCCCC. The first-order chi connectivity index (χ1) is 34.0. The van der Waals surface area contributed by atoms with Crippen LogP contribution in [0, 0.1) is 0 Å². The third-order valence-electron chi connectivity index (χ3n) is 14.2. The van der Waals surface area contributed by atoms with Gasteiger partial charge in [0, 0.05) is 0 Å². The third-order valence-corrected chi connectivity index (χ3v) is 14.2. The molecule has 0 aliphatic heterocycles. The number of unbranched alkanes of at least 4 members (excludes halogenated alkanes) is 39. The summed E-state index contributed by atoms with van der Waals surface area (Å²) in [7, 11) is 0. The van der Waals surface area contributed by atoms with Crippen LogP contribution in [0.3, 0.4) is 0 Å². The van der Waals surface area contributed by atoms with Gasteiger partial charge in [0.2, 0.25) is 5.91 Å². The summed E-state index contributed by atoms with van der Waals surface area (Å²) in [4.78, 5) is 12.6. The minimum Gasteiger partial charge on any atom is -0.394 e. The van der Waals surface area contributed by atoms with E-state index in [1.807, 2.05) is 0 Å². The van der Waals surface area contributed by atoms with Crippen molar-refractivity contribution >= 4 is 5.91 Å². The molecule has 0 aliphatic rings. The van der Waals surface area contributed by atoms with Gasteiger partial charge in [0.05, 0.1) is 18.8 Å². The molecule has 0 heterocycles. The summed E-state index contributed by atoms with van der Waals surface area (Å²) < 4.78 is 0. The molecule has 4 unspecified atom stereocenters. The lowest BCUT2D eigenvalue weighted by molar-refractivity contribution is -0.132. The van der Waals surface area contributed by atoms with Crippen molar-refractivity contribution in [3.05, 3.63) is 48.6 Å². The second-order valence-corrected chi connectivity index (χ2v) is 21.0. The number of aliphatic hydroxyl groups is 4. The first-order valence-electron chi connectivity index (χ1n) is 30.5. The molecule has 0 aromatic carbocycles. The van der Waals surface area contributed by atoms with Crippen LogP contribution in [-0.4, -0.2) is 57.3 Å². The average Bonchev–Trinajstić information content (AvgIpc) is 3.35. The predicted molar refractivity (Wildman–Crippen MR) is 302 cm³/mol. The lowest BCUT2D eigenvalue weighted by Crippen LogP contribution is -2.53. The quantitative estimate of drug-likeness (QED) is 0.0308. The fraction of sp³-hybridized carbons (Fsp3) is 0.857. The molecule has 5 N–H and O–H groups in total. The van der Waals surface area contributed by atoms with Gasteiger partial charge in [-0.05, 0) is 83.5 Å². The predicted octanol–water partition coefficient (Wildman–Crippen LogP) is 18.1. The van der Waals surface area contributed by atoms with Gasteiger partial charge >= 0.3 is 0 Å². The summed E-state index contributed by atoms with van der Waals surface area (Å²) in [5, 5.41) is 44.0. The van der Waals surface area contributed by atoms with E-state index in [-0.39, 0.29) is 0 Å². The largest absolute Gasteiger partial charge is 0.394 e. The molecule has 1 amide bonds. The van der Waals surface area contributed by atoms with E-state index >= 15 is 0 Å². The van der Waals surface area contributed by atoms with Gasteiger partial charge in [0.15, 0.2) is 0 Å². The molecule has 6 heteroatoms. The molecule has 0 radical (unpaired) electrons. The Morgan fingerprint density at radius 1 is 0.362 bits per heavy atom. The van der Waals surface area contributed by atoms with Crippen LogP contribution in [0.4, 0.5) is 0 Å². The van der Waals surface area contributed by atoms with Crippen molar-refractivity contribution in [3.8, 4) is 0 Å². The summed E-state index contributed by atoms with van der Waals surface area (Å²) in [5.74, 6) is -0.603. The van der Waals surface area contributed by atoms with Crippen molar-refractivity contribution in [2.24, 2.45) is 0 Å². The minimum atomic E-state index is -1.30. The molecule has 0 bridgehead atoms. The van der Waals surface area contributed by atoms with Crippen molar-refractivity contribution in [3.63, 3.8) is 0 Å². The van der Waals surface area contributed by atoms with Crippen LogP contribution in [-0.2, 0) is 4.79 Å². The molecule has 0 saturated carbocycles. The lowest BCUT2D eigenvalue weighted by Gasteiger charge is -2.27. The molecule has 0 aromatic heterocycles. The summed E-state index contributed by atoms with van der Waals surface area (Å²) in [6, 6.07) is -1.02. The van der Waals surface area contributed by atoms with Crippen molar-refractivity contribution < 1.29 is 25.2 Å². The van der Waals surface area contributed by atoms with E-state index in [9.17, 15) is 25.2 Å².